The lowest BCUT2D eigenvalue weighted by atomic mass is 9.94. The number of carbonyl (C=O) groups excluding carboxylic acids is 1. The number of non-ortho nitro benzene ring substituents is 1. The number of para-hydroxylation sites is 2. The summed E-state index contributed by atoms with van der Waals surface area (Å²) in [6.45, 7) is 0. The molecule has 0 aliphatic carbocycles. The second-order valence-corrected chi connectivity index (χ2v) is 7.00. The van der Waals surface area contributed by atoms with Gasteiger partial charge in [0.1, 0.15) is 11.5 Å². The van der Waals surface area contributed by atoms with Crippen LogP contribution in [0.2, 0.25) is 0 Å². The van der Waals surface area contributed by atoms with Crippen LogP contribution in [0.25, 0.3) is 5.69 Å². The molecule has 0 radical (unpaired) electrons. The van der Waals surface area contributed by atoms with Crippen LogP contribution in [0.5, 0.6) is 11.5 Å². The summed E-state index contributed by atoms with van der Waals surface area (Å²) >= 11 is 0. The van der Waals surface area contributed by atoms with Gasteiger partial charge in [-0.05, 0) is 30.3 Å². The van der Waals surface area contributed by atoms with Crippen molar-refractivity contribution in [2.24, 2.45) is 0 Å². The summed E-state index contributed by atoms with van der Waals surface area (Å²) in [6.07, 6.45) is 1.64. The smallest absolute Gasteiger partial charge is 0.272 e. The standard InChI is InChI=1S/C23H16N4O4/c28-23(19-13-14-26(25-19)15-9-11-16(12-10-15)27(29)30)24-22-17-5-1-3-7-20(17)31-21-8-4-2-6-18(21)22/h1-14,22H,(H,24,28). The minimum Gasteiger partial charge on any atom is -0.457 e. The highest BCUT2D eigenvalue weighted by atomic mass is 16.6. The lowest BCUT2D eigenvalue weighted by Crippen LogP contribution is -2.31. The summed E-state index contributed by atoms with van der Waals surface area (Å²) in [5.41, 5.74) is 2.57. The molecule has 31 heavy (non-hydrogen) atoms. The van der Waals surface area contributed by atoms with Gasteiger partial charge in [-0.25, -0.2) is 4.68 Å². The van der Waals surface area contributed by atoms with Crippen LogP contribution < -0.4 is 10.1 Å². The van der Waals surface area contributed by atoms with Crippen LogP contribution in [-0.2, 0) is 0 Å². The molecule has 0 spiro atoms. The number of rotatable bonds is 4. The van der Waals surface area contributed by atoms with Crippen molar-refractivity contribution in [3.63, 3.8) is 0 Å². The van der Waals surface area contributed by atoms with Gasteiger partial charge >= 0.3 is 0 Å². The molecule has 2 heterocycles. The second kappa shape index (κ2) is 7.42. The first-order chi connectivity index (χ1) is 15.1. The van der Waals surface area contributed by atoms with Crippen molar-refractivity contribution >= 4 is 11.6 Å². The van der Waals surface area contributed by atoms with Crippen LogP contribution >= 0.6 is 0 Å². The SMILES string of the molecule is O=C(NC1c2ccccc2Oc2ccccc21)c1ccn(-c2ccc([N+](=O)[O-])cc2)n1. The highest BCUT2D eigenvalue weighted by molar-refractivity contribution is 5.93. The molecule has 0 saturated carbocycles. The minimum absolute atomic E-state index is 0.00859. The highest BCUT2D eigenvalue weighted by Crippen LogP contribution is 2.42. The molecule has 0 saturated heterocycles. The van der Waals surface area contributed by atoms with E-state index in [9.17, 15) is 14.9 Å². The largest absolute Gasteiger partial charge is 0.457 e. The van der Waals surface area contributed by atoms with Crippen LogP contribution in [0.4, 0.5) is 5.69 Å². The Morgan fingerprint density at radius 2 is 1.55 bits per heavy atom. The molecular formula is C23H16N4O4. The van der Waals surface area contributed by atoms with E-state index in [0.717, 1.165) is 11.1 Å². The van der Waals surface area contributed by atoms with Crippen molar-refractivity contribution in [1.82, 2.24) is 15.1 Å². The average Bonchev–Trinajstić information content (AvgIpc) is 3.29. The summed E-state index contributed by atoms with van der Waals surface area (Å²) in [4.78, 5) is 23.4. The number of hydrogen-bond donors (Lipinski definition) is 1. The van der Waals surface area contributed by atoms with E-state index < -0.39 is 4.92 Å². The molecule has 8 nitrogen and oxygen atoms in total. The number of hydrogen-bond acceptors (Lipinski definition) is 5. The maximum Gasteiger partial charge on any atom is 0.272 e. The summed E-state index contributed by atoms with van der Waals surface area (Å²) in [5, 5.41) is 18.2. The fourth-order valence-electron chi connectivity index (χ4n) is 3.59. The van der Waals surface area contributed by atoms with Gasteiger partial charge in [-0.3, -0.25) is 14.9 Å². The van der Waals surface area contributed by atoms with E-state index in [4.69, 9.17) is 4.74 Å². The number of nitro benzene ring substituents is 1. The number of benzene rings is 3. The molecule has 0 atom stereocenters. The van der Waals surface area contributed by atoms with E-state index in [1.54, 1.807) is 24.4 Å². The first-order valence-electron chi connectivity index (χ1n) is 9.57. The van der Waals surface area contributed by atoms with Crippen LogP contribution in [0.3, 0.4) is 0 Å². The Morgan fingerprint density at radius 1 is 0.935 bits per heavy atom. The Morgan fingerprint density at radius 3 is 2.16 bits per heavy atom. The number of ether oxygens (including phenoxy) is 1. The maximum absolute atomic E-state index is 13.0. The molecule has 4 aromatic rings. The molecule has 1 N–H and O–H groups in total. The van der Waals surface area contributed by atoms with Gasteiger partial charge in [-0.1, -0.05) is 36.4 Å². The van der Waals surface area contributed by atoms with E-state index >= 15 is 0 Å². The minimum atomic E-state index is -0.463. The molecule has 8 heteroatoms. The number of amides is 1. The monoisotopic (exact) mass is 412 g/mol. The molecule has 1 aromatic heterocycles. The Balaban J connectivity index is 1.42. The Hall–Kier alpha value is -4.46. The number of nitrogens with one attached hydrogen (secondary N) is 1. The Bertz CT molecular complexity index is 1250. The topological polar surface area (TPSA) is 99.3 Å². The quantitative estimate of drug-likeness (QED) is 0.395. The molecule has 152 valence electrons. The van der Waals surface area contributed by atoms with Gasteiger partial charge in [0.05, 0.1) is 16.7 Å². The molecule has 5 rings (SSSR count). The molecular weight excluding hydrogens is 396 g/mol. The van der Waals surface area contributed by atoms with Crippen LogP contribution in [-0.4, -0.2) is 20.6 Å². The van der Waals surface area contributed by atoms with Crippen molar-refractivity contribution in [2.45, 2.75) is 6.04 Å². The first-order valence-corrected chi connectivity index (χ1v) is 9.57. The predicted molar refractivity (Wildman–Crippen MR) is 112 cm³/mol. The predicted octanol–water partition coefficient (Wildman–Crippen LogP) is 4.41. The number of nitrogens with zero attached hydrogens (tertiary/aromatic N) is 3. The van der Waals surface area contributed by atoms with Crippen molar-refractivity contribution in [1.29, 1.82) is 0 Å². The zero-order valence-electron chi connectivity index (χ0n) is 16.1. The summed E-state index contributed by atoms with van der Waals surface area (Å²) in [7, 11) is 0. The van der Waals surface area contributed by atoms with Crippen LogP contribution in [0, 0.1) is 10.1 Å². The van der Waals surface area contributed by atoms with E-state index in [1.807, 2.05) is 48.5 Å². The number of carbonyl (C=O) groups is 1. The number of aromatic nitrogens is 2. The summed E-state index contributed by atoms with van der Waals surface area (Å²) in [5.74, 6) is 1.06. The van der Waals surface area contributed by atoms with Gasteiger partial charge < -0.3 is 10.1 Å². The van der Waals surface area contributed by atoms with Gasteiger partial charge in [0.2, 0.25) is 0 Å². The van der Waals surface area contributed by atoms with E-state index in [0.29, 0.717) is 17.2 Å². The van der Waals surface area contributed by atoms with Crippen molar-refractivity contribution in [3.05, 3.63) is 112 Å². The molecule has 1 aliphatic heterocycles. The summed E-state index contributed by atoms with van der Waals surface area (Å²) < 4.78 is 7.47. The zero-order chi connectivity index (χ0) is 21.4. The second-order valence-electron chi connectivity index (χ2n) is 7.00. The van der Waals surface area contributed by atoms with E-state index in [-0.39, 0.29) is 23.3 Å². The molecule has 0 fully saturated rings. The third kappa shape index (κ3) is 3.40. The summed E-state index contributed by atoms with van der Waals surface area (Å²) in [6, 6.07) is 22.3. The van der Waals surface area contributed by atoms with Gasteiger partial charge in [-0.15, -0.1) is 0 Å². The molecule has 1 amide bonds. The normalized spacial score (nSPS) is 12.4. The molecule has 1 aliphatic rings. The number of fused-ring (bicyclic) bond motifs is 2. The van der Waals surface area contributed by atoms with Crippen LogP contribution in [0.15, 0.2) is 85.1 Å². The van der Waals surface area contributed by atoms with Gasteiger partial charge in [0, 0.05) is 29.5 Å². The Labute approximate surface area is 176 Å². The fraction of sp³-hybridized carbons (Fsp3) is 0.0435. The number of nitro groups is 1. The Kier molecular flexibility index (Phi) is 4.44. The first kappa shape index (κ1) is 18.6. The van der Waals surface area contributed by atoms with Crippen molar-refractivity contribution in [2.75, 3.05) is 0 Å². The lowest BCUT2D eigenvalue weighted by molar-refractivity contribution is -0.384. The van der Waals surface area contributed by atoms with E-state index in [1.165, 1.54) is 16.8 Å². The highest BCUT2D eigenvalue weighted by Gasteiger charge is 2.28. The molecule has 3 aromatic carbocycles. The maximum atomic E-state index is 13.0. The van der Waals surface area contributed by atoms with Gasteiger partial charge in [0.15, 0.2) is 5.69 Å². The third-order valence-corrected chi connectivity index (χ3v) is 5.10. The van der Waals surface area contributed by atoms with E-state index in [2.05, 4.69) is 10.4 Å². The lowest BCUT2D eigenvalue weighted by Gasteiger charge is -2.28. The zero-order valence-corrected chi connectivity index (χ0v) is 16.1. The average molecular weight is 412 g/mol. The van der Waals surface area contributed by atoms with Crippen molar-refractivity contribution in [3.8, 4) is 17.2 Å². The van der Waals surface area contributed by atoms with Crippen molar-refractivity contribution < 1.29 is 14.5 Å². The molecule has 0 bridgehead atoms. The van der Waals surface area contributed by atoms with Crippen LogP contribution in [0.1, 0.15) is 27.7 Å². The fourth-order valence-corrected chi connectivity index (χ4v) is 3.59. The third-order valence-electron chi connectivity index (χ3n) is 5.10. The molecule has 0 unspecified atom stereocenters. The van der Waals surface area contributed by atoms with Gasteiger partial charge in [0.25, 0.3) is 11.6 Å². The van der Waals surface area contributed by atoms with Gasteiger partial charge in [-0.2, -0.15) is 5.10 Å².